The monoisotopic (exact) mass is 258 g/mol. The van der Waals surface area contributed by atoms with Crippen molar-refractivity contribution in [2.24, 2.45) is 0 Å². The summed E-state index contributed by atoms with van der Waals surface area (Å²) in [6, 6.07) is 7.49. The van der Waals surface area contributed by atoms with Gasteiger partial charge in [0, 0.05) is 5.02 Å². The Morgan fingerprint density at radius 2 is 2.00 bits per heavy atom. The molecule has 0 bridgehead atoms. The number of sulfonamides is 1. The van der Waals surface area contributed by atoms with Crippen molar-refractivity contribution in [3.8, 4) is 6.07 Å². The van der Waals surface area contributed by atoms with Gasteiger partial charge in [0.1, 0.15) is 6.04 Å². The third-order valence-electron chi connectivity index (χ3n) is 2.01. The summed E-state index contributed by atoms with van der Waals surface area (Å²) in [5.41, 5.74) is 0.573. The molecule has 0 aromatic heterocycles. The molecule has 0 heterocycles. The van der Waals surface area contributed by atoms with Crippen LogP contribution in [0.1, 0.15) is 18.5 Å². The molecule has 0 aliphatic heterocycles. The van der Waals surface area contributed by atoms with Crippen LogP contribution in [0.15, 0.2) is 24.3 Å². The molecule has 0 fully saturated rings. The van der Waals surface area contributed by atoms with Crippen molar-refractivity contribution < 1.29 is 8.42 Å². The van der Waals surface area contributed by atoms with Gasteiger partial charge in [-0.3, -0.25) is 0 Å². The highest BCUT2D eigenvalue weighted by Crippen LogP contribution is 2.16. The molecule has 1 N–H and O–H groups in total. The number of halogens is 1. The van der Waals surface area contributed by atoms with Crippen LogP contribution in [0.25, 0.3) is 0 Å². The summed E-state index contributed by atoms with van der Waals surface area (Å²) in [6.45, 7) is 1.51. The van der Waals surface area contributed by atoms with Crippen molar-refractivity contribution >= 4 is 21.6 Å². The van der Waals surface area contributed by atoms with Gasteiger partial charge >= 0.3 is 0 Å². The van der Waals surface area contributed by atoms with Crippen molar-refractivity contribution in [1.29, 1.82) is 5.26 Å². The highest BCUT2D eigenvalue weighted by Gasteiger charge is 2.17. The predicted octanol–water partition coefficient (Wildman–Crippen LogP) is 1.84. The average Bonchev–Trinajstić information content (AvgIpc) is 2.27. The molecule has 0 aliphatic carbocycles. The minimum absolute atomic E-state index is 0.0568. The lowest BCUT2D eigenvalue weighted by atomic mass is 10.1. The lowest BCUT2D eigenvalue weighted by Gasteiger charge is -2.11. The third-order valence-corrected chi connectivity index (χ3v) is 3.62. The van der Waals surface area contributed by atoms with Crippen molar-refractivity contribution in [2.45, 2.75) is 13.0 Å². The quantitative estimate of drug-likeness (QED) is 0.896. The number of rotatable bonds is 4. The first-order valence-corrected chi connectivity index (χ1v) is 6.66. The topological polar surface area (TPSA) is 70.0 Å². The molecule has 1 atom stereocenters. The fourth-order valence-electron chi connectivity index (χ4n) is 1.09. The Labute approximate surface area is 99.9 Å². The molecule has 86 valence electrons. The third kappa shape index (κ3) is 3.49. The Morgan fingerprint density at radius 3 is 2.44 bits per heavy atom. The smallest absolute Gasteiger partial charge is 0.212 e. The first-order valence-electron chi connectivity index (χ1n) is 4.63. The minimum atomic E-state index is -3.39. The summed E-state index contributed by atoms with van der Waals surface area (Å²) in [5, 5.41) is 9.44. The van der Waals surface area contributed by atoms with Crippen LogP contribution >= 0.6 is 11.6 Å². The number of nitriles is 1. The molecule has 0 saturated carbocycles. The van der Waals surface area contributed by atoms with Crippen LogP contribution in [-0.4, -0.2) is 14.2 Å². The van der Waals surface area contributed by atoms with E-state index in [2.05, 4.69) is 4.72 Å². The van der Waals surface area contributed by atoms with E-state index in [1.54, 1.807) is 24.3 Å². The predicted molar refractivity (Wildman–Crippen MR) is 62.4 cm³/mol. The Balaban J connectivity index is 2.93. The maximum atomic E-state index is 11.3. The standard InChI is InChI=1S/C10H11ClN2O2S/c1-2-16(14,15)13-10(7-12)8-3-5-9(11)6-4-8/h3-6,10,13H,2H2,1H3. The van der Waals surface area contributed by atoms with E-state index in [0.717, 1.165) is 0 Å². The van der Waals surface area contributed by atoms with Crippen molar-refractivity contribution in [1.82, 2.24) is 4.72 Å². The zero-order valence-corrected chi connectivity index (χ0v) is 10.2. The van der Waals surface area contributed by atoms with Gasteiger partial charge in [-0.15, -0.1) is 0 Å². The SMILES string of the molecule is CCS(=O)(=O)NC(C#N)c1ccc(Cl)cc1. The second-order valence-corrected chi connectivity index (χ2v) is 5.61. The van der Waals surface area contributed by atoms with Crippen LogP contribution in [0.2, 0.25) is 5.02 Å². The summed E-state index contributed by atoms with van der Waals surface area (Å²) in [7, 11) is -3.39. The van der Waals surface area contributed by atoms with E-state index < -0.39 is 16.1 Å². The Bertz CT molecular complexity index is 491. The van der Waals surface area contributed by atoms with Gasteiger partial charge in [0.2, 0.25) is 10.0 Å². The van der Waals surface area contributed by atoms with E-state index in [4.69, 9.17) is 16.9 Å². The fourth-order valence-corrected chi connectivity index (χ4v) is 1.93. The van der Waals surface area contributed by atoms with Gasteiger partial charge in [-0.2, -0.15) is 9.98 Å². The van der Waals surface area contributed by atoms with Crippen LogP contribution in [-0.2, 0) is 10.0 Å². The molecule has 16 heavy (non-hydrogen) atoms. The summed E-state index contributed by atoms with van der Waals surface area (Å²) in [5.74, 6) is -0.0568. The normalized spacial score (nSPS) is 13.1. The van der Waals surface area contributed by atoms with Gasteiger partial charge < -0.3 is 0 Å². The van der Waals surface area contributed by atoms with E-state index in [-0.39, 0.29) is 5.75 Å². The van der Waals surface area contributed by atoms with Gasteiger partial charge in [0.15, 0.2) is 0 Å². The van der Waals surface area contributed by atoms with E-state index >= 15 is 0 Å². The second-order valence-electron chi connectivity index (χ2n) is 3.13. The molecule has 0 aliphatic rings. The van der Waals surface area contributed by atoms with Crippen LogP contribution in [0.5, 0.6) is 0 Å². The van der Waals surface area contributed by atoms with Crippen LogP contribution in [0.3, 0.4) is 0 Å². The molecular weight excluding hydrogens is 248 g/mol. The van der Waals surface area contributed by atoms with Gasteiger partial charge in [-0.1, -0.05) is 23.7 Å². The zero-order valence-electron chi connectivity index (χ0n) is 8.64. The number of hydrogen-bond donors (Lipinski definition) is 1. The summed E-state index contributed by atoms with van der Waals surface area (Å²) in [6.07, 6.45) is 0. The maximum absolute atomic E-state index is 11.3. The first kappa shape index (κ1) is 13.0. The molecular formula is C10H11ClN2O2S. The average molecular weight is 259 g/mol. The number of hydrogen-bond acceptors (Lipinski definition) is 3. The van der Waals surface area contributed by atoms with E-state index in [1.165, 1.54) is 6.92 Å². The molecule has 1 unspecified atom stereocenters. The van der Waals surface area contributed by atoms with Crippen LogP contribution < -0.4 is 4.72 Å². The lowest BCUT2D eigenvalue weighted by Crippen LogP contribution is -2.29. The van der Waals surface area contributed by atoms with Gasteiger partial charge in [-0.25, -0.2) is 8.42 Å². The summed E-state index contributed by atoms with van der Waals surface area (Å²) in [4.78, 5) is 0. The maximum Gasteiger partial charge on any atom is 0.212 e. The molecule has 1 aromatic rings. The molecule has 0 spiro atoms. The summed E-state index contributed by atoms with van der Waals surface area (Å²) < 4.78 is 24.9. The Morgan fingerprint density at radius 1 is 1.44 bits per heavy atom. The van der Waals surface area contributed by atoms with Crippen molar-refractivity contribution in [3.63, 3.8) is 0 Å². The first-order chi connectivity index (χ1) is 7.48. The van der Waals surface area contributed by atoms with E-state index in [1.807, 2.05) is 6.07 Å². The van der Waals surface area contributed by atoms with Gasteiger partial charge in [0.05, 0.1) is 11.8 Å². The highest BCUT2D eigenvalue weighted by molar-refractivity contribution is 7.89. The van der Waals surface area contributed by atoms with Crippen LogP contribution in [0, 0.1) is 11.3 Å². The second kappa shape index (κ2) is 5.30. The number of benzene rings is 1. The Kier molecular flexibility index (Phi) is 4.30. The number of nitrogens with zero attached hydrogens (tertiary/aromatic N) is 1. The van der Waals surface area contributed by atoms with E-state index in [0.29, 0.717) is 10.6 Å². The largest absolute Gasteiger partial charge is 0.212 e. The van der Waals surface area contributed by atoms with Crippen LogP contribution in [0.4, 0.5) is 0 Å². The molecule has 1 aromatic carbocycles. The van der Waals surface area contributed by atoms with E-state index in [9.17, 15) is 8.42 Å². The Hall–Kier alpha value is -1.09. The number of nitrogens with one attached hydrogen (secondary N) is 1. The molecule has 1 rings (SSSR count). The molecule has 0 amide bonds. The molecule has 6 heteroatoms. The zero-order chi connectivity index (χ0) is 12.2. The lowest BCUT2D eigenvalue weighted by molar-refractivity contribution is 0.577. The fraction of sp³-hybridized carbons (Fsp3) is 0.300. The van der Waals surface area contributed by atoms with Crippen molar-refractivity contribution in [3.05, 3.63) is 34.9 Å². The van der Waals surface area contributed by atoms with Crippen molar-refractivity contribution in [2.75, 3.05) is 5.75 Å². The minimum Gasteiger partial charge on any atom is -0.212 e. The molecule has 4 nitrogen and oxygen atoms in total. The highest BCUT2D eigenvalue weighted by atomic mass is 35.5. The molecule has 0 radical (unpaired) electrons. The van der Waals surface area contributed by atoms with Gasteiger partial charge in [-0.05, 0) is 24.6 Å². The molecule has 0 saturated heterocycles. The summed E-state index contributed by atoms with van der Waals surface area (Å²) >= 11 is 5.70. The van der Waals surface area contributed by atoms with Gasteiger partial charge in [0.25, 0.3) is 0 Å².